The lowest BCUT2D eigenvalue weighted by molar-refractivity contribution is -0.193. The van der Waals surface area contributed by atoms with Gasteiger partial charge in [-0.25, -0.2) is 14.4 Å². The standard InChI is InChI=1S/C20H27N3OS.3C2HF3O2/c1-22-8-4-18(13-24-12-17-2-6-21-7-3-17)10-20(22)15-23(16-20)11-19-5-9-25-14-19;3*3-2(4,5)1(6)7/h2-3,5-7,9,14,18H,4,8,10-13,15-16H2,1H3;3*(H,6,7). The molecule has 0 amide bonds. The summed E-state index contributed by atoms with van der Waals surface area (Å²) in [5, 5.41) is 25.8. The maximum Gasteiger partial charge on any atom is 0.490 e. The number of likely N-dealkylation sites (tertiary alicyclic amines) is 2. The van der Waals surface area contributed by atoms with Gasteiger partial charge in [0, 0.05) is 44.2 Å². The minimum absolute atomic E-state index is 0.374. The smallest absolute Gasteiger partial charge is 0.475 e. The lowest BCUT2D eigenvalue weighted by Gasteiger charge is -2.58. The molecule has 2 aromatic rings. The maximum absolute atomic E-state index is 10.6. The summed E-state index contributed by atoms with van der Waals surface area (Å²) in [4.78, 5) is 35.9. The Labute approximate surface area is 260 Å². The van der Waals surface area contributed by atoms with Crippen LogP contribution in [0.1, 0.15) is 24.0 Å². The van der Waals surface area contributed by atoms with Gasteiger partial charge in [-0.1, -0.05) is 0 Å². The molecule has 2 aliphatic rings. The minimum Gasteiger partial charge on any atom is -0.475 e. The van der Waals surface area contributed by atoms with Crippen LogP contribution in [0.5, 0.6) is 0 Å². The highest BCUT2D eigenvalue weighted by molar-refractivity contribution is 7.07. The maximum atomic E-state index is 10.6. The number of carbonyl (C=O) groups is 3. The Morgan fingerprint density at radius 1 is 0.891 bits per heavy atom. The van der Waals surface area contributed by atoms with Gasteiger partial charge in [-0.3, -0.25) is 14.8 Å². The second kappa shape index (κ2) is 17.4. The molecule has 0 saturated carbocycles. The number of aliphatic carboxylic acids is 3. The minimum atomic E-state index is -5.08. The van der Waals surface area contributed by atoms with Gasteiger partial charge in [-0.05, 0) is 72.4 Å². The van der Waals surface area contributed by atoms with Crippen molar-refractivity contribution in [3.63, 3.8) is 0 Å². The van der Waals surface area contributed by atoms with E-state index in [2.05, 4.69) is 38.7 Å². The van der Waals surface area contributed by atoms with Crippen molar-refractivity contribution >= 4 is 29.2 Å². The number of ether oxygens (including phenoxy) is 1. The third kappa shape index (κ3) is 14.7. The molecular formula is C26H30F9N3O7S. The van der Waals surface area contributed by atoms with Crippen LogP contribution in [0.25, 0.3) is 0 Å². The number of likely N-dealkylation sites (N-methyl/N-ethyl adjacent to an activating group) is 1. The van der Waals surface area contributed by atoms with E-state index < -0.39 is 36.4 Å². The first-order chi connectivity index (χ1) is 21.1. The molecule has 1 atom stereocenters. The van der Waals surface area contributed by atoms with Crippen LogP contribution in [-0.2, 0) is 32.3 Å². The van der Waals surface area contributed by atoms with E-state index in [0.29, 0.717) is 18.1 Å². The number of hydrogen-bond acceptors (Lipinski definition) is 8. The monoisotopic (exact) mass is 699 g/mol. The van der Waals surface area contributed by atoms with Crippen molar-refractivity contribution in [3.8, 4) is 0 Å². The first kappa shape index (κ1) is 40.5. The van der Waals surface area contributed by atoms with E-state index >= 15 is 0 Å². The van der Waals surface area contributed by atoms with E-state index in [9.17, 15) is 39.5 Å². The Hall–Kier alpha value is -3.49. The molecule has 0 bridgehead atoms. The predicted molar refractivity (Wildman–Crippen MR) is 143 cm³/mol. The highest BCUT2D eigenvalue weighted by Gasteiger charge is 2.49. The van der Waals surface area contributed by atoms with Crippen molar-refractivity contribution in [3.05, 3.63) is 52.5 Å². The van der Waals surface area contributed by atoms with Gasteiger partial charge < -0.3 is 20.1 Å². The molecule has 2 aliphatic heterocycles. The van der Waals surface area contributed by atoms with Gasteiger partial charge in [0.15, 0.2) is 0 Å². The Kier molecular flexibility index (Phi) is 15.4. The van der Waals surface area contributed by atoms with E-state index in [-0.39, 0.29) is 0 Å². The Bertz CT molecular complexity index is 1170. The Balaban J connectivity index is 0.000000413. The van der Waals surface area contributed by atoms with Gasteiger partial charge in [0.05, 0.1) is 6.61 Å². The lowest BCUT2D eigenvalue weighted by Crippen LogP contribution is -2.71. The second-order valence-electron chi connectivity index (χ2n) is 10.1. The van der Waals surface area contributed by atoms with Crippen molar-refractivity contribution in [1.29, 1.82) is 0 Å². The molecule has 260 valence electrons. The average molecular weight is 700 g/mol. The number of halogens is 9. The fourth-order valence-electron chi connectivity index (χ4n) is 4.28. The van der Waals surface area contributed by atoms with Gasteiger partial charge in [0.2, 0.25) is 0 Å². The molecule has 20 heteroatoms. The van der Waals surface area contributed by atoms with Gasteiger partial charge >= 0.3 is 36.4 Å². The summed E-state index contributed by atoms with van der Waals surface area (Å²) in [6, 6.07) is 6.31. The molecule has 4 rings (SSSR count). The summed E-state index contributed by atoms with van der Waals surface area (Å²) >= 11 is 1.79. The fourth-order valence-corrected chi connectivity index (χ4v) is 4.94. The lowest BCUT2D eigenvalue weighted by atomic mass is 9.75. The summed E-state index contributed by atoms with van der Waals surface area (Å²) in [5.41, 5.74) is 3.04. The quantitative estimate of drug-likeness (QED) is 0.347. The number of piperidine rings is 1. The van der Waals surface area contributed by atoms with Crippen LogP contribution in [0.2, 0.25) is 0 Å². The van der Waals surface area contributed by atoms with Crippen LogP contribution in [0.4, 0.5) is 39.5 Å². The highest BCUT2D eigenvalue weighted by atomic mass is 32.1. The van der Waals surface area contributed by atoms with Crippen LogP contribution in [-0.4, -0.2) is 105 Å². The molecule has 0 aromatic carbocycles. The summed E-state index contributed by atoms with van der Waals surface area (Å²) in [5.74, 6) is -7.59. The molecule has 2 saturated heterocycles. The van der Waals surface area contributed by atoms with E-state index in [1.807, 2.05) is 24.5 Å². The van der Waals surface area contributed by atoms with Crippen molar-refractivity contribution in [2.75, 3.05) is 33.3 Å². The summed E-state index contributed by atoms with van der Waals surface area (Å²) in [7, 11) is 2.30. The van der Waals surface area contributed by atoms with Gasteiger partial charge in [0.25, 0.3) is 0 Å². The van der Waals surface area contributed by atoms with Crippen molar-refractivity contribution in [2.24, 2.45) is 5.92 Å². The van der Waals surface area contributed by atoms with E-state index in [1.54, 1.807) is 11.3 Å². The Morgan fingerprint density at radius 2 is 1.37 bits per heavy atom. The first-order valence-corrected chi connectivity index (χ1v) is 13.8. The van der Waals surface area contributed by atoms with Crippen molar-refractivity contribution in [2.45, 2.75) is 50.1 Å². The molecule has 10 nitrogen and oxygen atoms in total. The molecule has 46 heavy (non-hydrogen) atoms. The number of pyridine rings is 1. The second-order valence-corrected chi connectivity index (χ2v) is 10.8. The number of rotatable bonds is 6. The third-order valence-electron chi connectivity index (χ3n) is 6.47. The fraction of sp³-hybridized carbons (Fsp3) is 0.538. The summed E-state index contributed by atoms with van der Waals surface area (Å²) in [6.07, 6.45) is -9.07. The van der Waals surface area contributed by atoms with Crippen LogP contribution in [0, 0.1) is 5.92 Å². The number of aromatic nitrogens is 1. The number of alkyl halides is 9. The molecule has 2 fully saturated rings. The van der Waals surface area contributed by atoms with Crippen molar-refractivity contribution < 1.29 is 74.0 Å². The Morgan fingerprint density at radius 3 is 1.78 bits per heavy atom. The number of carboxylic acid groups (broad SMARTS) is 3. The molecule has 0 radical (unpaired) electrons. The van der Waals surface area contributed by atoms with E-state index in [0.717, 1.165) is 13.2 Å². The zero-order valence-corrected chi connectivity index (χ0v) is 24.7. The molecule has 2 aromatic heterocycles. The number of carboxylic acids is 3. The third-order valence-corrected chi connectivity index (χ3v) is 7.20. The number of nitrogens with zero attached hydrogens (tertiary/aromatic N) is 3. The molecule has 1 spiro atoms. The zero-order chi connectivity index (χ0) is 35.3. The molecule has 3 N–H and O–H groups in total. The largest absolute Gasteiger partial charge is 0.490 e. The van der Waals surface area contributed by atoms with E-state index in [4.69, 9.17) is 34.4 Å². The van der Waals surface area contributed by atoms with E-state index in [1.165, 1.54) is 43.6 Å². The zero-order valence-electron chi connectivity index (χ0n) is 23.9. The van der Waals surface area contributed by atoms with Gasteiger partial charge in [0.1, 0.15) is 0 Å². The number of hydrogen-bond donors (Lipinski definition) is 3. The average Bonchev–Trinajstić information content (AvgIpc) is 3.43. The molecule has 0 aliphatic carbocycles. The predicted octanol–water partition coefficient (Wildman–Crippen LogP) is 5.16. The van der Waals surface area contributed by atoms with Gasteiger partial charge in [-0.2, -0.15) is 50.9 Å². The SMILES string of the molecule is CN1CCC(COCc2ccncc2)CC12CN(Cc1ccsc1)C2.O=C(O)C(F)(F)F.O=C(O)C(F)(F)F.O=C(O)C(F)(F)F. The number of thiophene rings is 1. The molecular weight excluding hydrogens is 669 g/mol. The molecule has 4 heterocycles. The van der Waals surface area contributed by atoms with Crippen LogP contribution in [0.15, 0.2) is 41.4 Å². The normalized spacial score (nSPS) is 18.0. The summed E-state index contributed by atoms with van der Waals surface area (Å²) in [6.45, 7) is 6.26. The topological polar surface area (TPSA) is 140 Å². The first-order valence-electron chi connectivity index (χ1n) is 12.9. The van der Waals surface area contributed by atoms with Crippen LogP contribution >= 0.6 is 11.3 Å². The summed E-state index contributed by atoms with van der Waals surface area (Å²) < 4.78 is 101. The van der Waals surface area contributed by atoms with Crippen molar-refractivity contribution in [1.82, 2.24) is 14.8 Å². The van der Waals surface area contributed by atoms with Crippen LogP contribution < -0.4 is 0 Å². The highest BCUT2D eigenvalue weighted by Crippen LogP contribution is 2.39. The van der Waals surface area contributed by atoms with Crippen LogP contribution in [0.3, 0.4) is 0 Å². The van der Waals surface area contributed by atoms with Gasteiger partial charge in [-0.15, -0.1) is 0 Å². The molecule has 1 unspecified atom stereocenters.